The van der Waals surface area contributed by atoms with Gasteiger partial charge in [0.25, 0.3) is 0 Å². The Morgan fingerprint density at radius 2 is 2.05 bits per heavy atom. The fourth-order valence-electron chi connectivity index (χ4n) is 3.05. The number of nitrogens with zero attached hydrogens (tertiary/aromatic N) is 1. The summed E-state index contributed by atoms with van der Waals surface area (Å²) >= 11 is 0. The maximum Gasteiger partial charge on any atom is 0.319 e. The number of hydrogen-bond acceptors (Lipinski definition) is 3. The van der Waals surface area contributed by atoms with Gasteiger partial charge in [-0.2, -0.15) is 0 Å². The summed E-state index contributed by atoms with van der Waals surface area (Å²) in [5.74, 6) is 0.639. The molecule has 0 bridgehead atoms. The Labute approximate surface area is 129 Å². The Hall–Kier alpha value is -2.24. The summed E-state index contributed by atoms with van der Waals surface area (Å²) in [5, 5.41) is 5.81. The third kappa shape index (κ3) is 3.16. The van der Waals surface area contributed by atoms with Crippen molar-refractivity contribution in [3.05, 3.63) is 18.2 Å². The molecule has 118 valence electrons. The molecule has 1 aliphatic heterocycles. The van der Waals surface area contributed by atoms with Crippen LogP contribution >= 0.6 is 0 Å². The number of ether oxygens (including phenoxy) is 1. The molecule has 1 aliphatic carbocycles. The average molecular weight is 303 g/mol. The number of fused-ring (bicyclic) bond motifs is 1. The van der Waals surface area contributed by atoms with Crippen LogP contribution in [-0.4, -0.2) is 31.1 Å². The van der Waals surface area contributed by atoms with E-state index in [0.29, 0.717) is 30.3 Å². The van der Waals surface area contributed by atoms with E-state index < -0.39 is 0 Å². The number of nitrogens with one attached hydrogen (secondary N) is 2. The first-order chi connectivity index (χ1) is 10.6. The molecule has 0 saturated heterocycles. The van der Waals surface area contributed by atoms with Crippen LogP contribution in [0.25, 0.3) is 0 Å². The van der Waals surface area contributed by atoms with Crippen LogP contribution in [-0.2, 0) is 4.79 Å². The highest BCUT2D eigenvalue weighted by molar-refractivity contribution is 5.96. The quantitative estimate of drug-likeness (QED) is 0.882. The molecule has 0 unspecified atom stereocenters. The molecule has 1 aromatic rings. The third-order valence-corrected chi connectivity index (χ3v) is 4.15. The molecule has 2 N–H and O–H groups in total. The fourth-order valence-corrected chi connectivity index (χ4v) is 3.05. The van der Waals surface area contributed by atoms with Crippen LogP contribution < -0.4 is 20.3 Å². The van der Waals surface area contributed by atoms with Crippen molar-refractivity contribution >= 4 is 23.3 Å². The summed E-state index contributed by atoms with van der Waals surface area (Å²) in [4.78, 5) is 25.4. The molecule has 22 heavy (non-hydrogen) atoms. The molecule has 1 aromatic carbocycles. The lowest BCUT2D eigenvalue weighted by Crippen LogP contribution is -2.37. The van der Waals surface area contributed by atoms with Crippen molar-refractivity contribution in [2.24, 2.45) is 0 Å². The van der Waals surface area contributed by atoms with Crippen molar-refractivity contribution < 1.29 is 14.3 Å². The van der Waals surface area contributed by atoms with Gasteiger partial charge in [0.2, 0.25) is 5.91 Å². The molecule has 1 fully saturated rings. The zero-order valence-electron chi connectivity index (χ0n) is 12.7. The van der Waals surface area contributed by atoms with Crippen molar-refractivity contribution in [3.8, 4) is 5.75 Å². The number of carbonyl (C=O) groups is 2. The SMILES string of the molecule is CC(=O)N1CCOc2ccc(NC(=O)NC3CCCC3)cc21. The Balaban J connectivity index is 1.70. The van der Waals surface area contributed by atoms with Crippen molar-refractivity contribution in [1.29, 1.82) is 0 Å². The molecule has 0 spiro atoms. The minimum atomic E-state index is -0.196. The van der Waals surface area contributed by atoms with Crippen LogP contribution in [0.4, 0.5) is 16.2 Å². The largest absolute Gasteiger partial charge is 0.490 e. The summed E-state index contributed by atoms with van der Waals surface area (Å²) in [6.45, 7) is 2.55. The van der Waals surface area contributed by atoms with Crippen molar-refractivity contribution in [2.45, 2.75) is 38.6 Å². The van der Waals surface area contributed by atoms with Crippen LogP contribution in [0, 0.1) is 0 Å². The second kappa shape index (κ2) is 6.25. The van der Waals surface area contributed by atoms with Crippen LogP contribution in [0.2, 0.25) is 0 Å². The molecule has 1 saturated carbocycles. The van der Waals surface area contributed by atoms with Crippen LogP contribution in [0.3, 0.4) is 0 Å². The molecule has 0 atom stereocenters. The van der Waals surface area contributed by atoms with Gasteiger partial charge in [-0.1, -0.05) is 12.8 Å². The second-order valence-electron chi connectivity index (χ2n) is 5.78. The second-order valence-corrected chi connectivity index (χ2v) is 5.78. The average Bonchev–Trinajstić information content (AvgIpc) is 2.99. The van der Waals surface area contributed by atoms with E-state index in [1.165, 1.54) is 19.8 Å². The van der Waals surface area contributed by atoms with Gasteiger partial charge in [0, 0.05) is 18.7 Å². The van der Waals surface area contributed by atoms with E-state index in [9.17, 15) is 9.59 Å². The summed E-state index contributed by atoms with van der Waals surface area (Å²) < 4.78 is 5.55. The first-order valence-electron chi connectivity index (χ1n) is 7.76. The van der Waals surface area contributed by atoms with E-state index >= 15 is 0 Å². The maximum absolute atomic E-state index is 12.0. The highest BCUT2D eigenvalue weighted by Crippen LogP contribution is 2.34. The molecule has 2 aliphatic rings. The summed E-state index contributed by atoms with van der Waals surface area (Å²) in [7, 11) is 0. The number of carbonyl (C=O) groups excluding carboxylic acids is 2. The molecule has 1 heterocycles. The first kappa shape index (κ1) is 14.7. The van der Waals surface area contributed by atoms with Crippen LogP contribution in [0.1, 0.15) is 32.6 Å². The zero-order valence-corrected chi connectivity index (χ0v) is 12.7. The van der Waals surface area contributed by atoms with Crippen molar-refractivity contribution in [3.63, 3.8) is 0 Å². The molecule has 0 aromatic heterocycles. The van der Waals surface area contributed by atoms with Gasteiger partial charge < -0.3 is 20.3 Å². The number of benzene rings is 1. The molecular weight excluding hydrogens is 282 g/mol. The predicted molar refractivity (Wildman–Crippen MR) is 84.4 cm³/mol. The van der Waals surface area contributed by atoms with E-state index in [2.05, 4.69) is 10.6 Å². The molecule has 6 nitrogen and oxygen atoms in total. The smallest absolute Gasteiger partial charge is 0.319 e. The minimum Gasteiger partial charge on any atom is -0.490 e. The third-order valence-electron chi connectivity index (χ3n) is 4.15. The molecule has 0 radical (unpaired) electrons. The van der Waals surface area contributed by atoms with Gasteiger partial charge in [0.1, 0.15) is 12.4 Å². The fraction of sp³-hybridized carbons (Fsp3) is 0.500. The number of hydrogen-bond donors (Lipinski definition) is 2. The molecule has 6 heteroatoms. The molecular formula is C16H21N3O3. The first-order valence-corrected chi connectivity index (χ1v) is 7.76. The Bertz CT molecular complexity index is 582. The van der Waals surface area contributed by atoms with Crippen molar-refractivity contribution in [2.75, 3.05) is 23.4 Å². The Morgan fingerprint density at radius 1 is 1.27 bits per heavy atom. The Kier molecular flexibility index (Phi) is 4.18. The number of amides is 3. The van der Waals surface area contributed by atoms with E-state index in [4.69, 9.17) is 4.74 Å². The number of rotatable bonds is 2. The number of urea groups is 1. The monoisotopic (exact) mass is 303 g/mol. The van der Waals surface area contributed by atoms with E-state index in [0.717, 1.165) is 12.8 Å². The van der Waals surface area contributed by atoms with Crippen LogP contribution in [0.15, 0.2) is 18.2 Å². The standard InChI is InChI=1S/C16H21N3O3/c1-11(20)19-8-9-22-15-7-6-13(10-14(15)19)18-16(21)17-12-4-2-3-5-12/h6-7,10,12H,2-5,8-9H2,1H3,(H2,17,18,21). The highest BCUT2D eigenvalue weighted by atomic mass is 16.5. The summed E-state index contributed by atoms with van der Waals surface area (Å²) in [6.07, 6.45) is 4.44. The normalized spacial score (nSPS) is 17.6. The van der Waals surface area contributed by atoms with Gasteiger partial charge >= 0.3 is 6.03 Å². The summed E-state index contributed by atoms with van der Waals surface area (Å²) in [6, 6.07) is 5.43. The molecule has 3 rings (SSSR count). The lowest BCUT2D eigenvalue weighted by atomic mass is 10.2. The lowest BCUT2D eigenvalue weighted by Gasteiger charge is -2.29. The predicted octanol–water partition coefficient (Wildman–Crippen LogP) is 2.50. The topological polar surface area (TPSA) is 70.7 Å². The van der Waals surface area contributed by atoms with Gasteiger partial charge in [0.15, 0.2) is 0 Å². The van der Waals surface area contributed by atoms with Gasteiger partial charge in [-0.15, -0.1) is 0 Å². The lowest BCUT2D eigenvalue weighted by molar-refractivity contribution is -0.116. The Morgan fingerprint density at radius 3 is 2.77 bits per heavy atom. The van der Waals surface area contributed by atoms with Crippen molar-refractivity contribution in [1.82, 2.24) is 5.32 Å². The molecule has 3 amide bonds. The van der Waals surface area contributed by atoms with E-state index in [-0.39, 0.29) is 18.0 Å². The van der Waals surface area contributed by atoms with Gasteiger partial charge in [-0.3, -0.25) is 4.79 Å². The van der Waals surface area contributed by atoms with Gasteiger partial charge in [-0.25, -0.2) is 4.79 Å². The van der Waals surface area contributed by atoms with Crippen LogP contribution in [0.5, 0.6) is 5.75 Å². The highest BCUT2D eigenvalue weighted by Gasteiger charge is 2.22. The summed E-state index contributed by atoms with van der Waals surface area (Å²) in [5.41, 5.74) is 1.36. The number of anilines is 2. The zero-order chi connectivity index (χ0) is 15.5. The van der Waals surface area contributed by atoms with Gasteiger partial charge in [-0.05, 0) is 31.0 Å². The van der Waals surface area contributed by atoms with E-state index in [1.807, 2.05) is 0 Å². The maximum atomic E-state index is 12.0. The minimum absolute atomic E-state index is 0.0305. The van der Waals surface area contributed by atoms with Gasteiger partial charge in [0.05, 0.1) is 12.2 Å². The van der Waals surface area contributed by atoms with E-state index in [1.54, 1.807) is 23.1 Å².